The number of carbonyl (C=O) groups is 1. The van der Waals surface area contributed by atoms with Crippen LogP contribution in [0.15, 0.2) is 0 Å². The van der Waals surface area contributed by atoms with Gasteiger partial charge in [0.15, 0.2) is 0 Å². The molecule has 0 spiro atoms. The van der Waals surface area contributed by atoms with Gasteiger partial charge in [0.1, 0.15) is 0 Å². The summed E-state index contributed by atoms with van der Waals surface area (Å²) < 4.78 is 0. The molecular formula is C15H31NOS2. The first kappa shape index (κ1) is 19.2. The molecule has 0 aromatic rings. The summed E-state index contributed by atoms with van der Waals surface area (Å²) in [7, 11) is 3.82. The molecule has 0 saturated heterocycles. The fourth-order valence-corrected chi connectivity index (χ4v) is 3.57. The summed E-state index contributed by atoms with van der Waals surface area (Å²) in [4.78, 5) is 11.6. The van der Waals surface area contributed by atoms with Crippen LogP contribution in [0.1, 0.15) is 66.2 Å². The molecule has 0 saturated carbocycles. The summed E-state index contributed by atoms with van der Waals surface area (Å²) in [6, 6.07) is 0. The molecule has 0 heterocycles. The molecule has 0 aliphatic rings. The van der Waals surface area contributed by atoms with E-state index in [1.807, 2.05) is 21.6 Å². The molecule has 0 rings (SSSR count). The molecule has 1 N–H and O–H groups in total. The molecule has 0 aliphatic heterocycles. The first-order chi connectivity index (χ1) is 8.95. The van der Waals surface area contributed by atoms with Crippen LogP contribution in [0.5, 0.6) is 0 Å². The van der Waals surface area contributed by atoms with Crippen LogP contribution in [0.25, 0.3) is 0 Å². The average Bonchev–Trinajstić information content (AvgIpc) is 2.33. The highest BCUT2D eigenvalue weighted by Gasteiger charge is 2.12. The zero-order valence-corrected chi connectivity index (χ0v) is 14.7. The molecule has 0 bridgehead atoms. The third-order valence-electron chi connectivity index (χ3n) is 2.77. The minimum atomic E-state index is 0.198. The van der Waals surface area contributed by atoms with Gasteiger partial charge in [-0.2, -0.15) is 0 Å². The first-order valence-electron chi connectivity index (χ1n) is 7.47. The van der Waals surface area contributed by atoms with Crippen molar-refractivity contribution in [1.29, 1.82) is 0 Å². The summed E-state index contributed by atoms with van der Waals surface area (Å²) in [6.07, 6.45) is 6.95. The number of unbranched alkanes of at least 4 members (excludes halogenated alkanes) is 3. The molecule has 4 heteroatoms. The van der Waals surface area contributed by atoms with Gasteiger partial charge in [0, 0.05) is 24.5 Å². The van der Waals surface area contributed by atoms with E-state index in [0.717, 1.165) is 18.7 Å². The third-order valence-corrected chi connectivity index (χ3v) is 5.27. The predicted octanol–water partition coefficient (Wildman–Crippen LogP) is 4.89. The van der Waals surface area contributed by atoms with Gasteiger partial charge in [-0.05, 0) is 18.3 Å². The Morgan fingerprint density at radius 3 is 2.37 bits per heavy atom. The van der Waals surface area contributed by atoms with Gasteiger partial charge in [0.2, 0.25) is 5.91 Å². The van der Waals surface area contributed by atoms with Gasteiger partial charge in [0.25, 0.3) is 0 Å². The Morgan fingerprint density at radius 2 is 1.74 bits per heavy atom. The largest absolute Gasteiger partial charge is 0.355 e. The summed E-state index contributed by atoms with van der Waals surface area (Å²) in [5.74, 6) is 2.45. The van der Waals surface area contributed by atoms with Crippen molar-refractivity contribution in [3.8, 4) is 0 Å². The highest BCUT2D eigenvalue weighted by Crippen LogP contribution is 2.22. The maximum absolute atomic E-state index is 11.6. The van der Waals surface area contributed by atoms with Gasteiger partial charge in [-0.15, -0.1) is 0 Å². The molecule has 0 aromatic heterocycles. The van der Waals surface area contributed by atoms with Crippen LogP contribution >= 0.6 is 21.6 Å². The number of nitrogens with one attached hydrogen (secondary N) is 1. The highest BCUT2D eigenvalue weighted by atomic mass is 33.1. The zero-order valence-electron chi connectivity index (χ0n) is 13.1. The molecule has 0 fully saturated rings. The number of amides is 1. The second kappa shape index (κ2) is 12.0. The van der Waals surface area contributed by atoms with Crippen molar-refractivity contribution in [3.63, 3.8) is 0 Å². The van der Waals surface area contributed by atoms with Crippen LogP contribution in [-0.2, 0) is 4.79 Å². The lowest BCUT2D eigenvalue weighted by atomic mass is 9.90. The van der Waals surface area contributed by atoms with Crippen LogP contribution in [0, 0.1) is 5.41 Å². The van der Waals surface area contributed by atoms with Crippen molar-refractivity contribution < 1.29 is 4.79 Å². The standard InChI is InChI=1S/C15H31NOS2/c1-5-6-7-8-12-18-19-13-11-16-14(17)9-10-15(2,3)4/h5-13H2,1-4H3,(H,16,17). The summed E-state index contributed by atoms with van der Waals surface area (Å²) in [5.41, 5.74) is 0.250. The lowest BCUT2D eigenvalue weighted by molar-refractivity contribution is -0.121. The molecule has 19 heavy (non-hydrogen) atoms. The van der Waals surface area contributed by atoms with E-state index >= 15 is 0 Å². The summed E-state index contributed by atoms with van der Waals surface area (Å²) >= 11 is 0. The maximum atomic E-state index is 11.6. The van der Waals surface area contributed by atoms with E-state index in [4.69, 9.17) is 0 Å². The molecule has 2 nitrogen and oxygen atoms in total. The quantitative estimate of drug-likeness (QED) is 0.435. The fourth-order valence-electron chi connectivity index (χ4n) is 1.51. The topological polar surface area (TPSA) is 29.1 Å². The van der Waals surface area contributed by atoms with Gasteiger partial charge in [-0.25, -0.2) is 0 Å². The van der Waals surface area contributed by atoms with E-state index in [0.29, 0.717) is 6.42 Å². The summed E-state index contributed by atoms with van der Waals surface area (Å²) in [6.45, 7) is 9.56. The average molecular weight is 306 g/mol. The van der Waals surface area contributed by atoms with Crippen molar-refractivity contribution in [2.45, 2.75) is 66.2 Å². The Bertz CT molecular complexity index is 227. The Morgan fingerprint density at radius 1 is 1.05 bits per heavy atom. The normalized spacial score (nSPS) is 11.6. The molecule has 1 amide bonds. The van der Waals surface area contributed by atoms with Gasteiger partial charge in [0.05, 0.1) is 0 Å². The maximum Gasteiger partial charge on any atom is 0.220 e. The zero-order chi connectivity index (χ0) is 14.6. The Kier molecular flexibility index (Phi) is 12.1. The van der Waals surface area contributed by atoms with Crippen molar-refractivity contribution in [2.75, 3.05) is 18.1 Å². The Balaban J connectivity index is 3.23. The Labute approximate surface area is 127 Å². The van der Waals surface area contributed by atoms with Crippen LogP contribution in [0.4, 0.5) is 0 Å². The fraction of sp³-hybridized carbons (Fsp3) is 0.933. The predicted molar refractivity (Wildman–Crippen MR) is 90.8 cm³/mol. The van der Waals surface area contributed by atoms with E-state index in [-0.39, 0.29) is 11.3 Å². The molecular weight excluding hydrogens is 274 g/mol. The molecule has 0 unspecified atom stereocenters. The minimum absolute atomic E-state index is 0.198. The Hall–Kier alpha value is 0.170. The van der Waals surface area contributed by atoms with E-state index in [1.165, 1.54) is 31.4 Å². The second-order valence-electron chi connectivity index (χ2n) is 6.12. The van der Waals surface area contributed by atoms with Gasteiger partial charge in [-0.3, -0.25) is 4.79 Å². The summed E-state index contributed by atoms with van der Waals surface area (Å²) in [5, 5.41) is 2.99. The third kappa shape index (κ3) is 16.1. The lowest BCUT2D eigenvalue weighted by Crippen LogP contribution is -2.26. The number of carbonyl (C=O) groups excluding carboxylic acids is 1. The second-order valence-corrected chi connectivity index (χ2v) is 8.82. The van der Waals surface area contributed by atoms with E-state index in [2.05, 4.69) is 33.0 Å². The van der Waals surface area contributed by atoms with E-state index in [9.17, 15) is 4.79 Å². The van der Waals surface area contributed by atoms with Crippen molar-refractivity contribution in [1.82, 2.24) is 5.32 Å². The lowest BCUT2D eigenvalue weighted by Gasteiger charge is -2.17. The smallest absolute Gasteiger partial charge is 0.220 e. The van der Waals surface area contributed by atoms with Crippen LogP contribution in [0.2, 0.25) is 0 Å². The van der Waals surface area contributed by atoms with Crippen LogP contribution in [0.3, 0.4) is 0 Å². The highest BCUT2D eigenvalue weighted by molar-refractivity contribution is 8.76. The van der Waals surface area contributed by atoms with E-state index in [1.54, 1.807) is 0 Å². The number of hydrogen-bond donors (Lipinski definition) is 1. The number of rotatable bonds is 11. The monoisotopic (exact) mass is 305 g/mol. The molecule has 114 valence electrons. The molecule has 0 aromatic carbocycles. The van der Waals surface area contributed by atoms with Crippen LogP contribution in [-0.4, -0.2) is 24.0 Å². The molecule has 0 radical (unpaired) electrons. The van der Waals surface area contributed by atoms with Gasteiger partial charge >= 0.3 is 0 Å². The minimum Gasteiger partial charge on any atom is -0.355 e. The van der Waals surface area contributed by atoms with Gasteiger partial charge < -0.3 is 5.32 Å². The van der Waals surface area contributed by atoms with Crippen molar-refractivity contribution in [3.05, 3.63) is 0 Å². The SMILES string of the molecule is CCCCCCSSCCNC(=O)CCC(C)(C)C. The van der Waals surface area contributed by atoms with Crippen molar-refractivity contribution in [2.24, 2.45) is 5.41 Å². The van der Waals surface area contributed by atoms with Gasteiger partial charge in [-0.1, -0.05) is 68.5 Å². The number of hydrogen-bond acceptors (Lipinski definition) is 3. The van der Waals surface area contributed by atoms with Crippen molar-refractivity contribution >= 4 is 27.5 Å². The van der Waals surface area contributed by atoms with E-state index < -0.39 is 0 Å². The first-order valence-corrected chi connectivity index (χ1v) is 9.95. The molecule has 0 atom stereocenters. The molecule has 0 aliphatic carbocycles. The van der Waals surface area contributed by atoms with Crippen LogP contribution < -0.4 is 5.32 Å².